The fourth-order valence-electron chi connectivity index (χ4n) is 3.20. The Morgan fingerprint density at radius 1 is 1.00 bits per heavy atom. The van der Waals surface area contributed by atoms with Crippen LogP contribution in [0.15, 0.2) is 71.1 Å². The first-order valence-electron chi connectivity index (χ1n) is 9.16. The molecule has 4 rings (SSSR count). The second-order valence-corrected chi connectivity index (χ2v) is 7.30. The first-order chi connectivity index (χ1) is 14.2. The summed E-state index contributed by atoms with van der Waals surface area (Å²) in [7, 11) is 3.29. The van der Waals surface area contributed by atoms with E-state index >= 15 is 0 Å². The van der Waals surface area contributed by atoms with E-state index in [0.29, 0.717) is 5.13 Å². The van der Waals surface area contributed by atoms with Gasteiger partial charge in [-0.1, -0.05) is 42.5 Å². The molecule has 0 aliphatic rings. The number of fused-ring (bicyclic) bond motifs is 1. The second-order valence-electron chi connectivity index (χ2n) is 6.44. The molecule has 0 saturated heterocycles. The second kappa shape index (κ2) is 8.32. The van der Waals surface area contributed by atoms with Gasteiger partial charge in [-0.15, -0.1) is 11.3 Å². The van der Waals surface area contributed by atoms with Gasteiger partial charge in [0.15, 0.2) is 0 Å². The van der Waals surface area contributed by atoms with Gasteiger partial charge >= 0.3 is 0 Å². The molecule has 1 aromatic heterocycles. The molecule has 0 aliphatic carbocycles. The van der Waals surface area contributed by atoms with Gasteiger partial charge in [0.1, 0.15) is 11.5 Å². The molecule has 0 fully saturated rings. The normalized spacial score (nSPS) is 11.5. The molecule has 29 heavy (non-hydrogen) atoms. The maximum Gasteiger partial charge on any atom is 0.203 e. The van der Waals surface area contributed by atoms with Crippen molar-refractivity contribution in [1.29, 1.82) is 0 Å². The Balaban J connectivity index is 1.60. The molecular weight excluding hydrogens is 382 g/mol. The molecule has 0 radical (unpaired) electrons. The first-order valence-corrected chi connectivity index (χ1v) is 10.0. The van der Waals surface area contributed by atoms with Crippen LogP contribution in [0.5, 0.6) is 11.5 Å². The number of benzene rings is 3. The molecule has 0 amide bonds. The van der Waals surface area contributed by atoms with Gasteiger partial charge in [-0.05, 0) is 35.9 Å². The highest BCUT2D eigenvalue weighted by Gasteiger charge is 2.12. The van der Waals surface area contributed by atoms with Crippen molar-refractivity contribution < 1.29 is 9.47 Å². The van der Waals surface area contributed by atoms with E-state index in [4.69, 9.17) is 9.47 Å². The summed E-state index contributed by atoms with van der Waals surface area (Å²) < 4.78 is 10.8. The molecule has 6 heteroatoms. The van der Waals surface area contributed by atoms with E-state index in [-0.39, 0.29) is 0 Å². The highest BCUT2D eigenvalue weighted by atomic mass is 32.1. The number of anilines is 1. The number of methoxy groups -OCH3 is 2. The van der Waals surface area contributed by atoms with Crippen LogP contribution in [0.1, 0.15) is 12.5 Å². The number of rotatable bonds is 6. The molecule has 0 aliphatic heterocycles. The average molecular weight is 404 g/mol. The van der Waals surface area contributed by atoms with Crippen LogP contribution >= 0.6 is 11.3 Å². The summed E-state index contributed by atoms with van der Waals surface area (Å²) in [5.74, 6) is 1.51. The molecule has 1 N–H and O–H groups in total. The Hall–Kier alpha value is -3.38. The van der Waals surface area contributed by atoms with Crippen molar-refractivity contribution in [3.05, 3.63) is 71.6 Å². The van der Waals surface area contributed by atoms with Gasteiger partial charge in [-0.3, -0.25) is 5.43 Å². The number of aromatic nitrogens is 1. The van der Waals surface area contributed by atoms with Crippen LogP contribution in [0.3, 0.4) is 0 Å². The lowest BCUT2D eigenvalue weighted by atomic mass is 10.0. The summed E-state index contributed by atoms with van der Waals surface area (Å²) in [5.41, 5.74) is 6.78. The van der Waals surface area contributed by atoms with Crippen molar-refractivity contribution in [2.24, 2.45) is 5.10 Å². The molecule has 0 atom stereocenters. The molecule has 0 spiro atoms. The average Bonchev–Trinajstić information content (AvgIpc) is 3.25. The van der Waals surface area contributed by atoms with Crippen molar-refractivity contribution in [3.8, 4) is 22.8 Å². The van der Waals surface area contributed by atoms with Gasteiger partial charge in [0, 0.05) is 16.5 Å². The Morgan fingerprint density at radius 2 is 1.83 bits per heavy atom. The van der Waals surface area contributed by atoms with Crippen LogP contribution in [-0.4, -0.2) is 24.9 Å². The lowest BCUT2D eigenvalue weighted by Crippen LogP contribution is -2.00. The fraction of sp³-hybridized carbons (Fsp3) is 0.130. The SMILES string of the molecule is COc1ccc(OC)c(-c2csc(N/N=C(/C)c3cccc4ccccc34)n2)c1. The Morgan fingerprint density at radius 3 is 2.66 bits per heavy atom. The van der Waals surface area contributed by atoms with Crippen LogP contribution in [-0.2, 0) is 0 Å². The van der Waals surface area contributed by atoms with Gasteiger partial charge < -0.3 is 9.47 Å². The predicted molar refractivity (Wildman–Crippen MR) is 120 cm³/mol. The van der Waals surface area contributed by atoms with E-state index in [9.17, 15) is 0 Å². The Labute approximate surface area is 173 Å². The third-order valence-electron chi connectivity index (χ3n) is 4.69. The third kappa shape index (κ3) is 3.93. The molecule has 0 saturated carbocycles. The lowest BCUT2D eigenvalue weighted by molar-refractivity contribution is 0.404. The molecule has 3 aromatic carbocycles. The predicted octanol–water partition coefficient (Wildman–Crippen LogP) is 5.82. The van der Waals surface area contributed by atoms with Crippen molar-refractivity contribution >= 4 is 33.0 Å². The minimum Gasteiger partial charge on any atom is -0.497 e. The van der Waals surface area contributed by atoms with Gasteiger partial charge in [-0.2, -0.15) is 5.10 Å². The fourth-order valence-corrected chi connectivity index (χ4v) is 3.85. The summed E-state index contributed by atoms with van der Waals surface area (Å²) in [6.07, 6.45) is 0. The number of nitrogens with one attached hydrogen (secondary N) is 1. The number of hydrogen-bond donors (Lipinski definition) is 1. The summed E-state index contributed by atoms with van der Waals surface area (Å²) in [5, 5.41) is 9.62. The van der Waals surface area contributed by atoms with E-state index in [0.717, 1.165) is 34.0 Å². The lowest BCUT2D eigenvalue weighted by Gasteiger charge is -2.08. The minimum atomic E-state index is 0.712. The molecular formula is C23H21N3O2S. The van der Waals surface area contributed by atoms with Crippen molar-refractivity contribution in [2.45, 2.75) is 6.92 Å². The minimum absolute atomic E-state index is 0.712. The maximum absolute atomic E-state index is 5.47. The molecule has 146 valence electrons. The largest absolute Gasteiger partial charge is 0.497 e. The molecule has 0 bridgehead atoms. The van der Waals surface area contributed by atoms with Gasteiger partial charge in [0.25, 0.3) is 0 Å². The zero-order valence-corrected chi connectivity index (χ0v) is 17.3. The van der Waals surface area contributed by atoms with Crippen molar-refractivity contribution in [1.82, 2.24) is 4.98 Å². The maximum atomic E-state index is 5.47. The highest BCUT2D eigenvalue weighted by molar-refractivity contribution is 7.14. The van der Waals surface area contributed by atoms with E-state index in [1.165, 1.54) is 22.1 Å². The molecule has 4 aromatic rings. The van der Waals surface area contributed by atoms with Crippen LogP contribution in [0.4, 0.5) is 5.13 Å². The Bertz CT molecular complexity index is 1180. The van der Waals surface area contributed by atoms with Crippen LogP contribution < -0.4 is 14.9 Å². The quantitative estimate of drug-likeness (QED) is 0.326. The topological polar surface area (TPSA) is 55.7 Å². The zero-order valence-electron chi connectivity index (χ0n) is 16.5. The number of hydrogen-bond acceptors (Lipinski definition) is 6. The van der Waals surface area contributed by atoms with Crippen LogP contribution in [0.25, 0.3) is 22.0 Å². The van der Waals surface area contributed by atoms with E-state index < -0.39 is 0 Å². The van der Waals surface area contributed by atoms with Crippen LogP contribution in [0, 0.1) is 0 Å². The van der Waals surface area contributed by atoms with Gasteiger partial charge in [-0.25, -0.2) is 4.98 Å². The van der Waals surface area contributed by atoms with Gasteiger partial charge in [0.05, 0.1) is 25.6 Å². The monoisotopic (exact) mass is 403 g/mol. The third-order valence-corrected chi connectivity index (χ3v) is 5.43. The number of hydrazone groups is 1. The number of ether oxygens (including phenoxy) is 2. The van der Waals surface area contributed by atoms with Crippen LogP contribution in [0.2, 0.25) is 0 Å². The van der Waals surface area contributed by atoms with Crippen molar-refractivity contribution in [2.75, 3.05) is 19.6 Å². The molecule has 1 heterocycles. The zero-order chi connectivity index (χ0) is 20.2. The van der Waals surface area contributed by atoms with E-state index in [2.05, 4.69) is 39.8 Å². The summed E-state index contributed by atoms with van der Waals surface area (Å²) in [4.78, 5) is 4.66. The molecule has 5 nitrogen and oxygen atoms in total. The van der Waals surface area contributed by atoms with Gasteiger partial charge in [0.2, 0.25) is 5.13 Å². The van der Waals surface area contributed by atoms with E-state index in [1.54, 1.807) is 14.2 Å². The summed E-state index contributed by atoms with van der Waals surface area (Å²) in [6, 6.07) is 20.2. The molecule has 0 unspecified atom stereocenters. The standard InChI is InChI=1S/C23H21N3O2S/c1-15(18-10-6-8-16-7-4-5-9-19(16)18)25-26-23-24-21(14-29-23)20-13-17(27-2)11-12-22(20)28-3/h4-14H,1-3H3,(H,24,26)/b25-15-. The number of nitrogens with zero attached hydrogens (tertiary/aromatic N) is 2. The smallest absolute Gasteiger partial charge is 0.203 e. The number of thiazole rings is 1. The summed E-state index contributed by atoms with van der Waals surface area (Å²) in [6.45, 7) is 1.99. The summed E-state index contributed by atoms with van der Waals surface area (Å²) >= 11 is 1.49. The van der Waals surface area contributed by atoms with E-state index in [1.807, 2.05) is 48.7 Å². The Kier molecular flexibility index (Phi) is 5.44. The first kappa shape index (κ1) is 19.0. The highest BCUT2D eigenvalue weighted by Crippen LogP contribution is 2.35. The van der Waals surface area contributed by atoms with Crippen molar-refractivity contribution in [3.63, 3.8) is 0 Å².